The van der Waals surface area contributed by atoms with E-state index in [0.717, 1.165) is 5.56 Å². The highest BCUT2D eigenvalue weighted by atomic mass is 35.5. The minimum Gasteiger partial charge on any atom is -0.497 e. The Bertz CT molecular complexity index is 1060. The second-order valence-electron chi connectivity index (χ2n) is 6.21. The van der Waals surface area contributed by atoms with E-state index >= 15 is 0 Å². The molecule has 8 nitrogen and oxygen atoms in total. The van der Waals surface area contributed by atoms with Crippen LogP contribution in [0.15, 0.2) is 59.4 Å². The first kappa shape index (κ1) is 18.7. The molecule has 0 radical (unpaired) electrons. The van der Waals surface area contributed by atoms with Crippen LogP contribution in [0.3, 0.4) is 0 Å². The third kappa shape index (κ3) is 3.44. The number of hydrogen-bond acceptors (Lipinski definition) is 6. The first-order valence-electron chi connectivity index (χ1n) is 8.43. The third-order valence-corrected chi connectivity index (χ3v) is 6.66. The van der Waals surface area contributed by atoms with E-state index in [0.29, 0.717) is 22.3 Å². The normalized spacial score (nSPS) is 19.1. The highest BCUT2D eigenvalue weighted by molar-refractivity contribution is 7.90. The monoisotopic (exact) mass is 420 g/mol. The van der Waals surface area contributed by atoms with E-state index in [-0.39, 0.29) is 13.1 Å². The fraction of sp³-hybridized carbons (Fsp3) is 0.222. The van der Waals surface area contributed by atoms with Crippen molar-refractivity contribution in [3.05, 3.63) is 71.3 Å². The summed E-state index contributed by atoms with van der Waals surface area (Å²) in [6, 6.07) is 13.6. The average molecular weight is 421 g/mol. The van der Waals surface area contributed by atoms with E-state index in [1.54, 1.807) is 31.4 Å². The first-order valence-corrected chi connectivity index (χ1v) is 10.2. The fourth-order valence-corrected chi connectivity index (χ4v) is 5.08. The van der Waals surface area contributed by atoms with Crippen molar-refractivity contribution in [2.75, 3.05) is 18.0 Å². The Kier molecular flexibility index (Phi) is 4.96. The summed E-state index contributed by atoms with van der Waals surface area (Å²) in [5.41, 5.74) is 1.33. The van der Waals surface area contributed by atoms with Crippen LogP contribution in [0.1, 0.15) is 17.4 Å². The molecule has 3 aromatic rings. The van der Waals surface area contributed by atoms with Gasteiger partial charge in [-0.05, 0) is 42.0 Å². The molecule has 1 fully saturated rings. The maximum atomic E-state index is 13.3. The van der Waals surface area contributed by atoms with E-state index < -0.39 is 16.3 Å². The van der Waals surface area contributed by atoms with Crippen molar-refractivity contribution in [3.8, 4) is 5.75 Å². The van der Waals surface area contributed by atoms with E-state index in [4.69, 9.17) is 20.9 Å². The van der Waals surface area contributed by atoms with E-state index in [9.17, 15) is 8.42 Å². The Hall–Kier alpha value is -2.62. The minimum absolute atomic E-state index is 0.0173. The Morgan fingerprint density at radius 1 is 1.25 bits per heavy atom. The lowest BCUT2D eigenvalue weighted by molar-refractivity contribution is 0.380. The van der Waals surface area contributed by atoms with Gasteiger partial charge in [0.1, 0.15) is 5.75 Å². The second kappa shape index (κ2) is 7.42. The first-order chi connectivity index (χ1) is 13.5. The van der Waals surface area contributed by atoms with Gasteiger partial charge >= 0.3 is 10.2 Å². The van der Waals surface area contributed by atoms with E-state index in [1.165, 1.54) is 15.0 Å². The largest absolute Gasteiger partial charge is 0.497 e. The molecule has 1 atom stereocenters. The third-order valence-electron chi connectivity index (χ3n) is 4.52. The maximum absolute atomic E-state index is 13.3. The van der Waals surface area contributed by atoms with Crippen molar-refractivity contribution < 1.29 is 17.7 Å². The molecule has 0 saturated carbocycles. The Balaban J connectivity index is 1.78. The predicted octanol–water partition coefficient (Wildman–Crippen LogP) is 3.04. The van der Waals surface area contributed by atoms with Crippen LogP contribution in [0.5, 0.6) is 5.75 Å². The Morgan fingerprint density at radius 3 is 2.71 bits per heavy atom. The maximum Gasteiger partial charge on any atom is 0.305 e. The molecular weight excluding hydrogens is 404 g/mol. The SMILES string of the molecule is COc1cccc([C@H]2CN(Cc3ncon3)S(=O)(=O)N2c2ccc(Cl)cc2)c1. The molecule has 1 saturated heterocycles. The van der Waals surface area contributed by atoms with Crippen LogP contribution >= 0.6 is 11.6 Å². The smallest absolute Gasteiger partial charge is 0.305 e. The predicted molar refractivity (Wildman–Crippen MR) is 103 cm³/mol. The van der Waals surface area contributed by atoms with Gasteiger partial charge in [0.25, 0.3) is 0 Å². The molecule has 28 heavy (non-hydrogen) atoms. The highest BCUT2D eigenvalue weighted by Gasteiger charge is 2.45. The molecule has 0 aliphatic carbocycles. The van der Waals surface area contributed by atoms with Gasteiger partial charge in [-0.25, -0.2) is 4.31 Å². The van der Waals surface area contributed by atoms with Gasteiger partial charge < -0.3 is 9.26 Å². The molecule has 0 bridgehead atoms. The van der Waals surface area contributed by atoms with Gasteiger partial charge in [0, 0.05) is 11.6 Å². The van der Waals surface area contributed by atoms with Crippen LogP contribution in [0.2, 0.25) is 5.02 Å². The molecule has 0 spiro atoms. The molecule has 10 heteroatoms. The summed E-state index contributed by atoms with van der Waals surface area (Å²) in [4.78, 5) is 3.94. The number of methoxy groups -OCH3 is 1. The summed E-state index contributed by atoms with van der Waals surface area (Å²) in [5.74, 6) is 0.952. The summed E-state index contributed by atoms with van der Waals surface area (Å²) >= 11 is 5.98. The van der Waals surface area contributed by atoms with Gasteiger partial charge in [0.15, 0.2) is 5.82 Å². The topological polar surface area (TPSA) is 88.8 Å². The highest BCUT2D eigenvalue weighted by Crippen LogP contribution is 2.39. The molecule has 0 unspecified atom stereocenters. The molecule has 1 aliphatic heterocycles. The van der Waals surface area contributed by atoms with Crippen LogP contribution in [0.25, 0.3) is 0 Å². The standard InChI is InChI=1S/C18H17ClN4O4S/c1-26-16-4-2-3-13(9-16)17-10-22(11-18-20-12-27-21-18)28(24,25)23(17)15-7-5-14(19)6-8-15/h2-9,12,17H,10-11H2,1H3/t17-/m1/s1. The molecule has 1 aliphatic rings. The van der Waals surface area contributed by atoms with Crippen LogP contribution < -0.4 is 9.04 Å². The van der Waals surface area contributed by atoms with E-state index in [2.05, 4.69) is 10.1 Å². The number of benzene rings is 2. The van der Waals surface area contributed by atoms with Crippen LogP contribution in [0.4, 0.5) is 5.69 Å². The quantitative estimate of drug-likeness (QED) is 0.630. The van der Waals surface area contributed by atoms with Crippen LogP contribution in [-0.2, 0) is 16.8 Å². The number of halogens is 1. The molecule has 0 amide bonds. The van der Waals surface area contributed by atoms with Gasteiger partial charge in [0.2, 0.25) is 6.39 Å². The van der Waals surface area contributed by atoms with Crippen LogP contribution in [0, 0.1) is 0 Å². The average Bonchev–Trinajstić information content (AvgIpc) is 3.29. The molecule has 1 aromatic heterocycles. The number of aromatic nitrogens is 2. The molecule has 0 N–H and O–H groups in total. The lowest BCUT2D eigenvalue weighted by Crippen LogP contribution is -2.33. The van der Waals surface area contributed by atoms with Crippen molar-refractivity contribution in [2.45, 2.75) is 12.6 Å². The van der Waals surface area contributed by atoms with Crippen molar-refractivity contribution in [1.82, 2.24) is 14.4 Å². The summed E-state index contributed by atoms with van der Waals surface area (Å²) in [6.07, 6.45) is 1.18. The number of ether oxygens (including phenoxy) is 1. The minimum atomic E-state index is -3.83. The van der Waals surface area contributed by atoms with Crippen molar-refractivity contribution in [3.63, 3.8) is 0 Å². The Morgan fingerprint density at radius 2 is 2.04 bits per heavy atom. The zero-order chi connectivity index (χ0) is 19.7. The summed E-state index contributed by atoms with van der Waals surface area (Å²) in [7, 11) is -2.25. The second-order valence-corrected chi connectivity index (χ2v) is 8.45. The van der Waals surface area contributed by atoms with Crippen molar-refractivity contribution in [1.29, 1.82) is 0 Å². The fourth-order valence-electron chi connectivity index (χ4n) is 3.20. The van der Waals surface area contributed by atoms with Gasteiger partial charge in [-0.2, -0.15) is 17.7 Å². The number of anilines is 1. The number of hydrogen-bond donors (Lipinski definition) is 0. The lowest BCUT2D eigenvalue weighted by Gasteiger charge is -2.25. The zero-order valence-corrected chi connectivity index (χ0v) is 16.5. The Labute approximate surface area is 167 Å². The summed E-state index contributed by atoms with van der Waals surface area (Å²) in [5, 5.41) is 4.26. The van der Waals surface area contributed by atoms with Gasteiger partial charge in [-0.15, -0.1) is 0 Å². The lowest BCUT2D eigenvalue weighted by atomic mass is 10.1. The van der Waals surface area contributed by atoms with Crippen LogP contribution in [-0.4, -0.2) is 36.5 Å². The van der Waals surface area contributed by atoms with Crippen molar-refractivity contribution in [2.24, 2.45) is 0 Å². The number of rotatable bonds is 5. The number of nitrogens with zero attached hydrogens (tertiary/aromatic N) is 4. The van der Waals surface area contributed by atoms with E-state index in [1.807, 2.05) is 24.3 Å². The van der Waals surface area contributed by atoms with Gasteiger partial charge in [-0.3, -0.25) is 0 Å². The molecular formula is C18H17ClN4O4S. The molecule has 4 rings (SSSR count). The zero-order valence-electron chi connectivity index (χ0n) is 14.9. The molecule has 2 heterocycles. The molecule has 2 aromatic carbocycles. The van der Waals surface area contributed by atoms with Crippen molar-refractivity contribution >= 4 is 27.5 Å². The molecule has 146 valence electrons. The van der Waals surface area contributed by atoms with Gasteiger partial charge in [0.05, 0.1) is 25.4 Å². The summed E-state index contributed by atoms with van der Waals surface area (Å²) < 4.78 is 39.4. The van der Waals surface area contributed by atoms with Gasteiger partial charge in [-0.1, -0.05) is 28.9 Å². The summed E-state index contributed by atoms with van der Waals surface area (Å²) in [6.45, 7) is 0.246.